The fourth-order valence-electron chi connectivity index (χ4n) is 1.84. The van der Waals surface area contributed by atoms with Crippen LogP contribution in [0.2, 0.25) is 0 Å². The first-order chi connectivity index (χ1) is 8.51. The number of oxime groups is 2. The Morgan fingerprint density at radius 2 is 1.11 bits per heavy atom. The molecule has 1 aliphatic rings. The predicted octanol–water partition coefficient (Wildman–Crippen LogP) is -0.643. The van der Waals surface area contributed by atoms with Crippen molar-refractivity contribution in [1.29, 1.82) is 0 Å². The minimum Gasteiger partial charge on any atom is -0.409 e. The number of rotatable bonds is 2. The highest BCUT2D eigenvalue weighted by Crippen LogP contribution is 2.05. The summed E-state index contributed by atoms with van der Waals surface area (Å²) in [6.45, 7) is 4.27. The van der Waals surface area contributed by atoms with E-state index < -0.39 is 0 Å². The van der Waals surface area contributed by atoms with E-state index in [9.17, 15) is 9.59 Å². The van der Waals surface area contributed by atoms with Crippen molar-refractivity contribution in [3.05, 3.63) is 0 Å². The van der Waals surface area contributed by atoms with E-state index in [0.717, 1.165) is 0 Å². The minimum absolute atomic E-state index is 0.0000350. The fourth-order valence-corrected chi connectivity index (χ4v) is 1.84. The van der Waals surface area contributed by atoms with Crippen LogP contribution < -0.4 is 0 Å². The van der Waals surface area contributed by atoms with Crippen molar-refractivity contribution >= 4 is 23.2 Å². The average molecular weight is 256 g/mol. The molecular weight excluding hydrogens is 240 g/mol. The summed E-state index contributed by atoms with van der Waals surface area (Å²) < 4.78 is 0. The molecule has 0 spiro atoms. The second-order valence-corrected chi connectivity index (χ2v) is 3.93. The van der Waals surface area contributed by atoms with Gasteiger partial charge in [-0.3, -0.25) is 9.59 Å². The van der Waals surface area contributed by atoms with Crippen LogP contribution >= 0.6 is 0 Å². The van der Waals surface area contributed by atoms with Crippen LogP contribution in [0.15, 0.2) is 10.3 Å². The summed E-state index contributed by atoms with van der Waals surface area (Å²) in [5.74, 6) is -0.651. The molecule has 2 N–H and O–H groups in total. The molecule has 18 heavy (non-hydrogen) atoms. The molecule has 0 aromatic rings. The van der Waals surface area contributed by atoms with Crippen molar-refractivity contribution in [2.45, 2.75) is 13.8 Å². The summed E-state index contributed by atoms with van der Waals surface area (Å²) in [5.41, 5.74) is 0. The molecule has 0 amide bonds. The van der Waals surface area contributed by atoms with Crippen molar-refractivity contribution in [2.75, 3.05) is 26.2 Å². The number of piperazine rings is 1. The smallest absolute Gasteiger partial charge is 0.211 e. The Morgan fingerprint density at radius 1 is 0.833 bits per heavy atom. The quantitative estimate of drug-likeness (QED) is 0.294. The topological polar surface area (TPSA) is 106 Å². The molecule has 1 saturated heterocycles. The van der Waals surface area contributed by atoms with Crippen molar-refractivity contribution < 1.29 is 20.0 Å². The van der Waals surface area contributed by atoms with Crippen LogP contribution in [0.25, 0.3) is 0 Å². The third-order valence-corrected chi connectivity index (χ3v) is 2.70. The Balaban J connectivity index is 2.67. The highest BCUT2D eigenvalue weighted by atomic mass is 16.4. The predicted molar refractivity (Wildman–Crippen MR) is 63.0 cm³/mol. The van der Waals surface area contributed by atoms with Gasteiger partial charge in [0.1, 0.15) is 0 Å². The van der Waals surface area contributed by atoms with Gasteiger partial charge in [-0.25, -0.2) is 0 Å². The van der Waals surface area contributed by atoms with Crippen LogP contribution in [0.1, 0.15) is 13.8 Å². The maximum absolute atomic E-state index is 11.2. The first-order valence-corrected chi connectivity index (χ1v) is 5.47. The van der Waals surface area contributed by atoms with E-state index in [1.54, 1.807) is 9.80 Å². The highest BCUT2D eigenvalue weighted by Gasteiger charge is 2.26. The lowest BCUT2D eigenvalue weighted by Crippen LogP contribution is -2.53. The molecule has 100 valence electrons. The number of hydrogen-bond donors (Lipinski definition) is 2. The van der Waals surface area contributed by atoms with Gasteiger partial charge in [-0.05, 0) is 0 Å². The van der Waals surface area contributed by atoms with E-state index in [2.05, 4.69) is 10.3 Å². The van der Waals surface area contributed by atoms with Crippen LogP contribution in [0.5, 0.6) is 0 Å². The summed E-state index contributed by atoms with van der Waals surface area (Å²) >= 11 is 0. The molecular formula is C10H16N4O4. The lowest BCUT2D eigenvalue weighted by Gasteiger charge is -2.35. The van der Waals surface area contributed by atoms with Crippen molar-refractivity contribution in [3.63, 3.8) is 0 Å². The average Bonchev–Trinajstić information content (AvgIpc) is 2.32. The van der Waals surface area contributed by atoms with Gasteiger partial charge >= 0.3 is 0 Å². The van der Waals surface area contributed by atoms with Gasteiger partial charge in [-0.15, -0.1) is 0 Å². The van der Waals surface area contributed by atoms with Crippen molar-refractivity contribution in [1.82, 2.24) is 9.80 Å². The van der Waals surface area contributed by atoms with E-state index in [4.69, 9.17) is 10.4 Å². The molecule has 8 nitrogen and oxygen atoms in total. The lowest BCUT2D eigenvalue weighted by atomic mass is 10.2. The molecule has 0 saturated carbocycles. The van der Waals surface area contributed by atoms with E-state index in [1.165, 1.54) is 13.8 Å². The van der Waals surface area contributed by atoms with Crippen LogP contribution in [0.4, 0.5) is 0 Å². The highest BCUT2D eigenvalue weighted by molar-refractivity contribution is 6.38. The Morgan fingerprint density at radius 3 is 1.28 bits per heavy atom. The zero-order valence-electron chi connectivity index (χ0n) is 10.3. The first kappa shape index (κ1) is 13.9. The van der Waals surface area contributed by atoms with Gasteiger partial charge < -0.3 is 20.2 Å². The maximum Gasteiger partial charge on any atom is 0.211 e. The Bertz CT molecular complexity index is 359. The zero-order chi connectivity index (χ0) is 13.7. The normalized spacial score (nSPS) is 17.9. The van der Waals surface area contributed by atoms with Gasteiger partial charge in [0.15, 0.2) is 11.6 Å². The minimum atomic E-state index is -0.325. The third-order valence-electron chi connectivity index (χ3n) is 2.70. The molecule has 1 rings (SSSR count). The number of Topliss-reactive ketones (excluding diaryl/α,β-unsaturated/α-hetero) is 2. The van der Waals surface area contributed by atoms with Gasteiger partial charge in [0.25, 0.3) is 0 Å². The van der Waals surface area contributed by atoms with E-state index in [0.29, 0.717) is 26.2 Å². The Labute approximate surface area is 104 Å². The van der Waals surface area contributed by atoms with Crippen LogP contribution in [0, 0.1) is 0 Å². The van der Waals surface area contributed by atoms with Crippen molar-refractivity contribution in [3.8, 4) is 0 Å². The van der Waals surface area contributed by atoms with Crippen LogP contribution in [0.3, 0.4) is 0 Å². The summed E-state index contributed by atoms with van der Waals surface area (Å²) in [6, 6.07) is 0. The van der Waals surface area contributed by atoms with Gasteiger partial charge in [0, 0.05) is 40.0 Å². The lowest BCUT2D eigenvalue weighted by molar-refractivity contribution is -0.113. The summed E-state index contributed by atoms with van der Waals surface area (Å²) in [4.78, 5) is 25.6. The number of ketones is 2. The summed E-state index contributed by atoms with van der Waals surface area (Å²) in [7, 11) is 0. The molecule has 8 heteroatoms. The third kappa shape index (κ3) is 2.96. The molecule has 1 fully saturated rings. The molecule has 0 atom stereocenters. The molecule has 0 radical (unpaired) electrons. The molecule has 0 aliphatic carbocycles. The van der Waals surface area contributed by atoms with E-state index in [-0.39, 0.29) is 23.2 Å². The second-order valence-electron chi connectivity index (χ2n) is 3.93. The molecule has 0 aromatic carbocycles. The maximum atomic E-state index is 11.2. The largest absolute Gasteiger partial charge is 0.409 e. The zero-order valence-corrected chi connectivity index (χ0v) is 10.3. The summed E-state index contributed by atoms with van der Waals surface area (Å²) in [6.07, 6.45) is 0. The standard InChI is InChI=1S/C10H16N4O4/c1-7(15)9(11-17)13-3-5-14(6-4-13)10(12-18)8(2)16/h17-18H,3-6H2,1-2H3/b11-9-,12-10+. The van der Waals surface area contributed by atoms with E-state index in [1.807, 2.05) is 0 Å². The van der Waals surface area contributed by atoms with Gasteiger partial charge in [-0.2, -0.15) is 0 Å². The molecule has 1 heterocycles. The second kappa shape index (κ2) is 5.99. The Kier molecular flexibility index (Phi) is 4.64. The van der Waals surface area contributed by atoms with Crippen LogP contribution in [-0.4, -0.2) is 69.6 Å². The van der Waals surface area contributed by atoms with E-state index >= 15 is 0 Å². The number of carbonyl (C=O) groups excluding carboxylic acids is 2. The molecule has 0 aromatic heterocycles. The number of hydrogen-bond acceptors (Lipinski definition) is 6. The van der Waals surface area contributed by atoms with Crippen molar-refractivity contribution in [2.24, 2.45) is 10.3 Å². The molecule has 0 bridgehead atoms. The fraction of sp³-hybridized carbons (Fsp3) is 0.600. The monoisotopic (exact) mass is 256 g/mol. The van der Waals surface area contributed by atoms with Gasteiger partial charge in [-0.1, -0.05) is 10.3 Å². The summed E-state index contributed by atoms with van der Waals surface area (Å²) in [5, 5.41) is 23.4. The van der Waals surface area contributed by atoms with Crippen LogP contribution in [-0.2, 0) is 9.59 Å². The van der Waals surface area contributed by atoms with Gasteiger partial charge in [0.05, 0.1) is 0 Å². The Hall–Kier alpha value is -2.12. The molecule has 0 unspecified atom stereocenters. The first-order valence-electron chi connectivity index (χ1n) is 5.47. The number of nitrogens with zero attached hydrogens (tertiary/aromatic N) is 4. The SMILES string of the molecule is CC(=O)/C(=N/O)N1CCN(/C(=N/O)C(C)=O)CC1. The number of carbonyl (C=O) groups is 2. The number of amidine groups is 2. The molecule has 1 aliphatic heterocycles. The van der Waals surface area contributed by atoms with Gasteiger partial charge in [0.2, 0.25) is 11.7 Å².